The number of nitrogens with zero attached hydrogens (tertiary/aromatic N) is 3. The fourth-order valence-corrected chi connectivity index (χ4v) is 2.59. The molecule has 2 aromatic rings. The summed E-state index contributed by atoms with van der Waals surface area (Å²) in [5.41, 5.74) is -1.50. The van der Waals surface area contributed by atoms with Crippen LogP contribution in [-0.4, -0.2) is 32.1 Å². The first-order valence-corrected chi connectivity index (χ1v) is 7.98. The van der Waals surface area contributed by atoms with Crippen LogP contribution in [0.4, 0.5) is 0 Å². The van der Waals surface area contributed by atoms with E-state index in [-0.39, 0.29) is 12.6 Å². The fraction of sp³-hybridized carbons (Fsp3) is 0.500. The van der Waals surface area contributed by atoms with Crippen molar-refractivity contribution in [3.8, 4) is 5.75 Å². The molecule has 22 heavy (non-hydrogen) atoms. The minimum atomic E-state index is -1.10. The Labute approximate surface area is 139 Å². The fourth-order valence-electron chi connectivity index (χ4n) is 2.32. The highest BCUT2D eigenvalue weighted by atomic mass is 79.9. The molecule has 2 atom stereocenters. The molecular formula is C16H22BrN3O2. The molecule has 2 unspecified atom stereocenters. The van der Waals surface area contributed by atoms with Gasteiger partial charge in [0.05, 0.1) is 6.04 Å². The molecule has 0 saturated heterocycles. The van der Waals surface area contributed by atoms with Gasteiger partial charge in [0.25, 0.3) is 0 Å². The minimum Gasteiger partial charge on any atom is -0.490 e. The standard InChI is InChI=1S/C16H22BrN3O2/c1-12(20-11-18-10-19-20)16(21,15(2,3)4)9-22-14-7-5-13(17)6-8-14/h5-8,10-12,21H,9H2,1-4H3. The maximum Gasteiger partial charge on any atom is 0.137 e. The van der Waals surface area contributed by atoms with Crippen LogP contribution in [0.1, 0.15) is 33.7 Å². The average Bonchev–Trinajstić information content (AvgIpc) is 2.98. The summed E-state index contributed by atoms with van der Waals surface area (Å²) in [6.07, 6.45) is 3.08. The Balaban J connectivity index is 2.20. The van der Waals surface area contributed by atoms with Crippen LogP contribution in [0.5, 0.6) is 5.75 Å². The SMILES string of the molecule is CC(n1cncn1)C(O)(COc1ccc(Br)cc1)C(C)(C)C. The number of rotatable bonds is 5. The zero-order valence-electron chi connectivity index (χ0n) is 13.3. The van der Waals surface area contributed by atoms with Gasteiger partial charge in [0.1, 0.15) is 30.6 Å². The topological polar surface area (TPSA) is 60.2 Å². The highest BCUT2D eigenvalue weighted by molar-refractivity contribution is 9.10. The maximum atomic E-state index is 11.3. The lowest BCUT2D eigenvalue weighted by Gasteiger charge is -2.43. The van der Waals surface area contributed by atoms with Crippen molar-refractivity contribution >= 4 is 15.9 Å². The Morgan fingerprint density at radius 2 is 1.91 bits per heavy atom. The van der Waals surface area contributed by atoms with Gasteiger partial charge in [0.15, 0.2) is 0 Å². The van der Waals surface area contributed by atoms with Gasteiger partial charge >= 0.3 is 0 Å². The minimum absolute atomic E-state index is 0.166. The summed E-state index contributed by atoms with van der Waals surface area (Å²) in [4.78, 5) is 3.96. The Bertz CT molecular complexity index is 593. The predicted molar refractivity (Wildman–Crippen MR) is 88.8 cm³/mol. The van der Waals surface area contributed by atoms with Crippen molar-refractivity contribution in [2.75, 3.05) is 6.61 Å². The molecule has 2 rings (SSSR count). The Morgan fingerprint density at radius 1 is 1.27 bits per heavy atom. The van der Waals surface area contributed by atoms with Gasteiger partial charge in [-0.1, -0.05) is 36.7 Å². The molecule has 0 radical (unpaired) electrons. The Hall–Kier alpha value is -1.40. The van der Waals surface area contributed by atoms with Gasteiger partial charge in [-0.3, -0.25) is 0 Å². The van der Waals surface area contributed by atoms with Gasteiger partial charge < -0.3 is 9.84 Å². The van der Waals surface area contributed by atoms with Gasteiger partial charge in [0.2, 0.25) is 0 Å². The molecule has 0 amide bonds. The van der Waals surface area contributed by atoms with Crippen LogP contribution in [0.15, 0.2) is 41.4 Å². The molecule has 0 aliphatic rings. The van der Waals surface area contributed by atoms with Gasteiger partial charge in [-0.05, 0) is 36.6 Å². The van der Waals surface area contributed by atoms with E-state index in [1.54, 1.807) is 11.0 Å². The molecule has 1 heterocycles. The normalized spacial score (nSPS) is 16.1. The third-order valence-corrected chi connectivity index (χ3v) is 4.62. The molecule has 6 heteroatoms. The molecule has 1 aromatic carbocycles. The second kappa shape index (κ2) is 6.38. The van der Waals surface area contributed by atoms with Crippen LogP contribution in [0.2, 0.25) is 0 Å². The van der Waals surface area contributed by atoms with Crippen LogP contribution < -0.4 is 4.74 Å². The molecular weight excluding hydrogens is 346 g/mol. The van der Waals surface area contributed by atoms with Gasteiger partial charge in [-0.2, -0.15) is 5.10 Å². The van der Waals surface area contributed by atoms with E-state index in [0.717, 1.165) is 10.2 Å². The van der Waals surface area contributed by atoms with Crippen molar-refractivity contribution in [2.45, 2.75) is 39.3 Å². The van der Waals surface area contributed by atoms with Gasteiger partial charge in [-0.15, -0.1) is 0 Å². The van der Waals surface area contributed by atoms with Crippen molar-refractivity contribution in [1.29, 1.82) is 0 Å². The van der Waals surface area contributed by atoms with E-state index in [2.05, 4.69) is 26.0 Å². The molecule has 1 aromatic heterocycles. The third kappa shape index (κ3) is 3.50. The molecule has 0 fully saturated rings. The summed E-state index contributed by atoms with van der Waals surface area (Å²) in [6.45, 7) is 8.06. The van der Waals surface area contributed by atoms with E-state index in [0.29, 0.717) is 0 Å². The number of halogens is 1. The first-order chi connectivity index (χ1) is 10.2. The molecule has 0 saturated carbocycles. The van der Waals surface area contributed by atoms with Crippen LogP contribution in [-0.2, 0) is 0 Å². The van der Waals surface area contributed by atoms with Crippen LogP contribution in [0.3, 0.4) is 0 Å². The van der Waals surface area contributed by atoms with E-state index < -0.39 is 11.0 Å². The Kier molecular flexibility index (Phi) is 4.92. The second-order valence-corrected chi connectivity index (χ2v) is 7.38. The third-order valence-electron chi connectivity index (χ3n) is 4.10. The highest BCUT2D eigenvalue weighted by Crippen LogP contribution is 2.39. The van der Waals surface area contributed by atoms with Crippen molar-refractivity contribution in [2.24, 2.45) is 5.41 Å². The van der Waals surface area contributed by atoms with Crippen molar-refractivity contribution in [1.82, 2.24) is 14.8 Å². The van der Waals surface area contributed by atoms with E-state index in [1.807, 2.05) is 52.0 Å². The molecule has 0 aliphatic heterocycles. The zero-order valence-corrected chi connectivity index (χ0v) is 14.9. The van der Waals surface area contributed by atoms with E-state index >= 15 is 0 Å². The zero-order chi connectivity index (χ0) is 16.4. The van der Waals surface area contributed by atoms with Crippen molar-refractivity contribution < 1.29 is 9.84 Å². The summed E-state index contributed by atoms with van der Waals surface area (Å²) in [7, 11) is 0. The lowest BCUT2D eigenvalue weighted by molar-refractivity contribution is -0.122. The number of benzene rings is 1. The van der Waals surface area contributed by atoms with Gasteiger partial charge in [-0.25, -0.2) is 9.67 Å². The monoisotopic (exact) mass is 367 g/mol. The molecule has 0 spiro atoms. The largest absolute Gasteiger partial charge is 0.490 e. The maximum absolute atomic E-state index is 11.3. The summed E-state index contributed by atoms with van der Waals surface area (Å²) < 4.78 is 8.49. The van der Waals surface area contributed by atoms with E-state index in [4.69, 9.17) is 4.74 Å². The van der Waals surface area contributed by atoms with Crippen molar-refractivity contribution in [3.05, 3.63) is 41.4 Å². The molecule has 0 bridgehead atoms. The summed E-state index contributed by atoms with van der Waals surface area (Å²) in [6, 6.07) is 7.28. The van der Waals surface area contributed by atoms with Crippen LogP contribution >= 0.6 is 15.9 Å². The van der Waals surface area contributed by atoms with E-state index in [9.17, 15) is 5.11 Å². The average molecular weight is 368 g/mol. The molecule has 1 N–H and O–H groups in total. The number of aromatic nitrogens is 3. The van der Waals surface area contributed by atoms with Crippen molar-refractivity contribution in [3.63, 3.8) is 0 Å². The van der Waals surface area contributed by atoms with Gasteiger partial charge in [0, 0.05) is 4.47 Å². The highest BCUT2D eigenvalue weighted by Gasteiger charge is 2.47. The van der Waals surface area contributed by atoms with E-state index in [1.165, 1.54) is 6.33 Å². The van der Waals surface area contributed by atoms with Crippen LogP contribution in [0.25, 0.3) is 0 Å². The molecule has 0 aliphatic carbocycles. The lowest BCUT2D eigenvalue weighted by atomic mass is 9.72. The first-order valence-electron chi connectivity index (χ1n) is 7.19. The molecule has 120 valence electrons. The first kappa shape index (κ1) is 17.0. The quantitative estimate of drug-likeness (QED) is 0.878. The summed E-state index contributed by atoms with van der Waals surface area (Å²) in [5.74, 6) is 0.719. The summed E-state index contributed by atoms with van der Waals surface area (Å²) in [5, 5.41) is 15.4. The lowest BCUT2D eigenvalue weighted by Crippen LogP contribution is -2.53. The smallest absolute Gasteiger partial charge is 0.137 e. The van der Waals surface area contributed by atoms with Crippen LogP contribution in [0, 0.1) is 5.41 Å². The number of hydrogen-bond donors (Lipinski definition) is 1. The second-order valence-electron chi connectivity index (χ2n) is 6.47. The number of hydrogen-bond acceptors (Lipinski definition) is 4. The number of ether oxygens (including phenoxy) is 1. The summed E-state index contributed by atoms with van der Waals surface area (Å²) >= 11 is 3.39. The number of aliphatic hydroxyl groups is 1. The Morgan fingerprint density at radius 3 is 2.41 bits per heavy atom. The molecule has 5 nitrogen and oxygen atoms in total. The predicted octanol–water partition coefficient (Wildman–Crippen LogP) is 3.46.